The molecule has 39 heavy (non-hydrogen) atoms. The number of nitrogens with one attached hydrogen (secondary N) is 1. The number of benzene rings is 3. The maximum absolute atomic E-state index is 15.5. The monoisotopic (exact) mass is 580 g/mol. The number of nitrogens with zero attached hydrogens (tertiary/aromatic N) is 2. The minimum absolute atomic E-state index is 0.0488. The first-order chi connectivity index (χ1) is 18.3. The largest absolute Gasteiger partial charge is 0.493 e. The molecular formula is C25H14Cl2F4N4O4. The van der Waals surface area contributed by atoms with E-state index in [1.807, 2.05) is 6.07 Å². The number of hydrogen-bond donors (Lipinski definition) is 2. The normalized spacial score (nSPS) is 11.2. The number of hydrogen-bond acceptors (Lipinski definition) is 6. The minimum atomic E-state index is -5.45. The van der Waals surface area contributed by atoms with Gasteiger partial charge in [-0.1, -0.05) is 29.3 Å². The number of aromatic amines is 1. The molecule has 0 saturated heterocycles. The van der Waals surface area contributed by atoms with Crippen molar-refractivity contribution < 1.29 is 36.7 Å². The van der Waals surface area contributed by atoms with Crippen molar-refractivity contribution in [2.45, 2.75) is 12.7 Å². The molecule has 4 aromatic rings. The van der Waals surface area contributed by atoms with Crippen molar-refractivity contribution in [3.05, 3.63) is 87.3 Å². The van der Waals surface area contributed by atoms with Crippen LogP contribution in [0.25, 0.3) is 10.9 Å². The number of amides is 1. The van der Waals surface area contributed by atoms with Crippen molar-refractivity contribution in [2.75, 3.05) is 5.73 Å². The van der Waals surface area contributed by atoms with Gasteiger partial charge in [0.2, 0.25) is 0 Å². The van der Waals surface area contributed by atoms with Gasteiger partial charge < -0.3 is 20.3 Å². The molecule has 0 atom stereocenters. The lowest BCUT2D eigenvalue weighted by Crippen LogP contribution is -2.38. The Kier molecular flexibility index (Phi) is 7.58. The van der Waals surface area contributed by atoms with Gasteiger partial charge in [0.25, 0.3) is 0 Å². The summed E-state index contributed by atoms with van der Waals surface area (Å²) in [6, 6.07) is 13.8. The van der Waals surface area contributed by atoms with E-state index in [1.165, 1.54) is 42.5 Å². The summed E-state index contributed by atoms with van der Waals surface area (Å²) in [6.07, 6.45) is -5.45. The Morgan fingerprint density at radius 1 is 1.08 bits per heavy atom. The maximum atomic E-state index is 15.5. The second-order valence-corrected chi connectivity index (χ2v) is 8.83. The second-order valence-electron chi connectivity index (χ2n) is 7.99. The minimum Gasteiger partial charge on any atom is -0.453 e. The number of anilines is 1. The SMILES string of the molecule is N#Cc1cc(Cl)cc(Oc2c(Cl)ccc(CN(OC(=O)C(F)(F)F)C(=O)c3cc4cc(N)ccc4[nH]3)c2F)c1. The molecule has 0 bridgehead atoms. The number of nitriles is 1. The average molecular weight is 581 g/mol. The van der Waals surface area contributed by atoms with Gasteiger partial charge in [0.1, 0.15) is 11.4 Å². The summed E-state index contributed by atoms with van der Waals surface area (Å²) in [5.41, 5.74) is 5.91. The quantitative estimate of drug-likeness (QED) is 0.157. The van der Waals surface area contributed by atoms with Crippen molar-refractivity contribution in [3.8, 4) is 17.6 Å². The molecule has 200 valence electrons. The highest BCUT2D eigenvalue weighted by Crippen LogP contribution is 2.36. The molecule has 4 rings (SSSR count). The molecule has 0 aliphatic carbocycles. The molecule has 1 aromatic heterocycles. The highest BCUT2D eigenvalue weighted by Gasteiger charge is 2.43. The van der Waals surface area contributed by atoms with E-state index in [9.17, 15) is 22.8 Å². The molecule has 1 heterocycles. The number of carbonyl (C=O) groups is 2. The molecule has 0 fully saturated rings. The molecule has 0 unspecified atom stereocenters. The van der Waals surface area contributed by atoms with Gasteiger partial charge >= 0.3 is 18.1 Å². The van der Waals surface area contributed by atoms with Crippen LogP contribution in [-0.4, -0.2) is 28.1 Å². The van der Waals surface area contributed by atoms with Crippen LogP contribution in [0.2, 0.25) is 10.0 Å². The van der Waals surface area contributed by atoms with E-state index in [0.29, 0.717) is 16.6 Å². The fourth-order valence-corrected chi connectivity index (χ4v) is 3.86. The molecule has 0 aliphatic rings. The molecule has 1 amide bonds. The number of carbonyl (C=O) groups excluding carboxylic acids is 2. The second kappa shape index (κ2) is 10.7. The van der Waals surface area contributed by atoms with Crippen LogP contribution in [0.15, 0.2) is 54.6 Å². The van der Waals surface area contributed by atoms with Crippen LogP contribution in [0.1, 0.15) is 21.6 Å². The Labute approximate surface area is 227 Å². The predicted molar refractivity (Wildman–Crippen MR) is 132 cm³/mol. The van der Waals surface area contributed by atoms with Crippen molar-refractivity contribution in [1.29, 1.82) is 5.26 Å². The number of H-pyrrole nitrogens is 1. The van der Waals surface area contributed by atoms with E-state index in [-0.39, 0.29) is 32.1 Å². The van der Waals surface area contributed by atoms with Crippen LogP contribution in [0.4, 0.5) is 23.2 Å². The topological polar surface area (TPSA) is 121 Å². The van der Waals surface area contributed by atoms with Gasteiger partial charge in [-0.15, -0.1) is 0 Å². The summed E-state index contributed by atoms with van der Waals surface area (Å²) < 4.78 is 59.9. The summed E-state index contributed by atoms with van der Waals surface area (Å²) >= 11 is 12.0. The molecule has 3 aromatic carbocycles. The Balaban J connectivity index is 1.70. The lowest BCUT2D eigenvalue weighted by Gasteiger charge is -2.22. The van der Waals surface area contributed by atoms with Gasteiger partial charge in [-0.3, -0.25) is 4.79 Å². The van der Waals surface area contributed by atoms with Gasteiger partial charge in [-0.2, -0.15) is 23.5 Å². The van der Waals surface area contributed by atoms with E-state index in [4.69, 9.17) is 38.9 Å². The number of nitrogen functional groups attached to an aromatic ring is 1. The molecule has 0 spiro atoms. The van der Waals surface area contributed by atoms with Gasteiger partial charge in [-0.05, 0) is 48.5 Å². The third-order valence-corrected chi connectivity index (χ3v) is 5.71. The van der Waals surface area contributed by atoms with Crippen LogP contribution in [0.3, 0.4) is 0 Å². The fourth-order valence-electron chi connectivity index (χ4n) is 3.45. The number of alkyl halides is 3. The predicted octanol–water partition coefficient (Wildman–Crippen LogP) is 6.52. The average Bonchev–Trinajstić information content (AvgIpc) is 3.29. The summed E-state index contributed by atoms with van der Waals surface area (Å²) in [5.74, 6) is -5.73. The van der Waals surface area contributed by atoms with Gasteiger partial charge in [0.05, 0.1) is 23.2 Å². The van der Waals surface area contributed by atoms with Crippen molar-refractivity contribution in [1.82, 2.24) is 10.0 Å². The van der Waals surface area contributed by atoms with Gasteiger partial charge in [0, 0.05) is 27.2 Å². The number of ether oxygens (including phenoxy) is 1. The van der Waals surface area contributed by atoms with Crippen LogP contribution >= 0.6 is 23.2 Å². The lowest BCUT2D eigenvalue weighted by atomic mass is 10.2. The van der Waals surface area contributed by atoms with E-state index in [1.54, 1.807) is 0 Å². The number of fused-ring (bicyclic) bond motifs is 1. The highest BCUT2D eigenvalue weighted by atomic mass is 35.5. The third kappa shape index (κ3) is 6.17. The summed E-state index contributed by atoms with van der Waals surface area (Å²) in [7, 11) is 0. The smallest absolute Gasteiger partial charge is 0.453 e. The van der Waals surface area contributed by atoms with E-state index in [2.05, 4.69) is 9.82 Å². The zero-order chi connectivity index (χ0) is 28.5. The number of nitrogens with two attached hydrogens (primary N) is 1. The molecule has 3 N–H and O–H groups in total. The first kappa shape index (κ1) is 27.6. The zero-order valence-corrected chi connectivity index (χ0v) is 20.8. The van der Waals surface area contributed by atoms with Crippen LogP contribution in [-0.2, 0) is 16.2 Å². The zero-order valence-electron chi connectivity index (χ0n) is 19.3. The summed E-state index contributed by atoms with van der Waals surface area (Å²) in [5, 5.41) is 9.47. The highest BCUT2D eigenvalue weighted by molar-refractivity contribution is 6.32. The fraction of sp³-hybridized carbons (Fsp3) is 0.0800. The lowest BCUT2D eigenvalue weighted by molar-refractivity contribution is -0.230. The number of halogens is 6. The molecule has 0 saturated carbocycles. The van der Waals surface area contributed by atoms with E-state index < -0.39 is 41.7 Å². The van der Waals surface area contributed by atoms with Gasteiger partial charge in [0.15, 0.2) is 11.6 Å². The first-order valence-corrected chi connectivity index (χ1v) is 11.5. The van der Waals surface area contributed by atoms with Crippen molar-refractivity contribution in [3.63, 3.8) is 0 Å². The number of rotatable bonds is 5. The van der Waals surface area contributed by atoms with Crippen LogP contribution < -0.4 is 10.5 Å². The number of hydroxylamine groups is 2. The maximum Gasteiger partial charge on any atom is 0.493 e. The molecule has 14 heteroatoms. The summed E-state index contributed by atoms with van der Waals surface area (Å²) in [6.45, 7) is -0.962. The molecular weight excluding hydrogens is 567 g/mol. The Bertz CT molecular complexity index is 1650. The Morgan fingerprint density at radius 3 is 2.51 bits per heavy atom. The van der Waals surface area contributed by atoms with Crippen LogP contribution in [0.5, 0.6) is 11.5 Å². The molecule has 0 aliphatic heterocycles. The Hall–Kier alpha value is -4.47. The van der Waals surface area contributed by atoms with E-state index in [0.717, 1.165) is 12.1 Å². The van der Waals surface area contributed by atoms with Crippen LogP contribution in [0, 0.1) is 17.1 Å². The summed E-state index contributed by atoms with van der Waals surface area (Å²) in [4.78, 5) is 31.7. The third-order valence-electron chi connectivity index (χ3n) is 5.19. The molecule has 0 radical (unpaired) electrons. The standard InChI is InChI=1S/C25H14Cl2F4N4O4/c26-15-5-12(10-32)6-17(9-15)38-22-18(27)3-1-13(21(22)28)11-35(39-24(37)25(29,30)31)23(36)20-8-14-7-16(33)2-4-19(14)34-20/h1-9,34H,11,33H2. The van der Waals surface area contributed by atoms with Gasteiger partial charge in [-0.25, -0.2) is 9.18 Å². The van der Waals surface area contributed by atoms with E-state index >= 15 is 4.39 Å². The molecule has 8 nitrogen and oxygen atoms in total. The van der Waals surface area contributed by atoms with Crippen molar-refractivity contribution >= 4 is 51.7 Å². The number of aromatic nitrogens is 1. The Morgan fingerprint density at radius 2 is 1.82 bits per heavy atom. The first-order valence-electron chi connectivity index (χ1n) is 10.7. The van der Waals surface area contributed by atoms with Crippen molar-refractivity contribution in [2.24, 2.45) is 0 Å².